The number of hydrogen-bond donors (Lipinski definition) is 0. The molecule has 3 rings (SSSR count). The van der Waals surface area contributed by atoms with E-state index in [9.17, 15) is 0 Å². The van der Waals surface area contributed by atoms with Gasteiger partial charge in [0.1, 0.15) is 0 Å². The van der Waals surface area contributed by atoms with Gasteiger partial charge < -0.3 is 16.5 Å². The standard InChI is InChI=1S/C29H42O4Si5/c1-10-34(3,4)30-36(7,8)32-37(9,27-21-15-12-16-22-27)33-38(31-35(5,6)11-2,28-23-17-13-18-24-28)29-25-19-14-20-26-29/h10-26H,1-2H2,3-9H3. The van der Waals surface area contributed by atoms with Crippen molar-refractivity contribution < 1.29 is 16.5 Å². The fourth-order valence-corrected chi connectivity index (χ4v) is 26.0. The molecule has 0 aliphatic rings. The minimum absolute atomic E-state index is 1.05. The third-order valence-corrected chi connectivity index (χ3v) is 25.4. The molecule has 1 atom stereocenters. The third kappa shape index (κ3) is 7.59. The summed E-state index contributed by atoms with van der Waals surface area (Å²) in [5.74, 6) is 0. The predicted molar refractivity (Wildman–Crippen MR) is 173 cm³/mol. The van der Waals surface area contributed by atoms with Crippen LogP contribution < -0.4 is 15.6 Å². The summed E-state index contributed by atoms with van der Waals surface area (Å²) in [5, 5.41) is 3.15. The zero-order valence-corrected chi connectivity index (χ0v) is 28.9. The molecule has 0 aromatic heterocycles. The predicted octanol–water partition coefficient (Wildman–Crippen LogP) is 5.85. The lowest BCUT2D eigenvalue weighted by atomic mass is 10.4. The van der Waals surface area contributed by atoms with Crippen LogP contribution in [0.1, 0.15) is 0 Å². The van der Waals surface area contributed by atoms with E-state index in [1.165, 1.54) is 0 Å². The van der Waals surface area contributed by atoms with Crippen LogP contribution in [0, 0.1) is 0 Å². The van der Waals surface area contributed by atoms with Crippen molar-refractivity contribution in [1.82, 2.24) is 0 Å². The minimum atomic E-state index is -3.30. The second-order valence-corrected chi connectivity index (χ2v) is 29.2. The average molecular weight is 595 g/mol. The summed E-state index contributed by atoms with van der Waals surface area (Å²) in [5.41, 5.74) is 3.94. The molecule has 1 unspecified atom stereocenters. The van der Waals surface area contributed by atoms with Crippen LogP contribution >= 0.6 is 0 Å². The van der Waals surface area contributed by atoms with E-state index in [0.29, 0.717) is 0 Å². The lowest BCUT2D eigenvalue weighted by Crippen LogP contribution is -2.74. The molecule has 3 aromatic carbocycles. The van der Waals surface area contributed by atoms with Gasteiger partial charge in [-0.25, -0.2) is 0 Å². The van der Waals surface area contributed by atoms with E-state index >= 15 is 0 Å². The second-order valence-electron chi connectivity index (χ2n) is 11.1. The van der Waals surface area contributed by atoms with Crippen LogP contribution in [0.3, 0.4) is 0 Å². The number of hydrogen-bond acceptors (Lipinski definition) is 4. The Kier molecular flexibility index (Phi) is 9.72. The van der Waals surface area contributed by atoms with Crippen LogP contribution in [0.2, 0.25) is 45.8 Å². The summed E-state index contributed by atoms with van der Waals surface area (Å²) in [6, 6.07) is 31.1. The first-order valence-electron chi connectivity index (χ1n) is 13.0. The monoisotopic (exact) mass is 594 g/mol. The van der Waals surface area contributed by atoms with E-state index in [1.54, 1.807) is 0 Å². The molecule has 0 amide bonds. The van der Waals surface area contributed by atoms with Gasteiger partial charge in [0, 0.05) is 0 Å². The van der Waals surface area contributed by atoms with Crippen molar-refractivity contribution in [1.29, 1.82) is 0 Å². The topological polar surface area (TPSA) is 36.9 Å². The molecule has 3 aromatic rings. The van der Waals surface area contributed by atoms with Crippen molar-refractivity contribution in [2.75, 3.05) is 0 Å². The summed E-state index contributed by atoms with van der Waals surface area (Å²) >= 11 is 0. The molecular formula is C29H42O4Si5. The summed E-state index contributed by atoms with van der Waals surface area (Å²) in [4.78, 5) is 0. The number of benzene rings is 3. The molecule has 202 valence electrons. The van der Waals surface area contributed by atoms with Gasteiger partial charge in [-0.2, -0.15) is 0 Å². The van der Waals surface area contributed by atoms with Gasteiger partial charge in [-0.3, -0.25) is 0 Å². The summed E-state index contributed by atoms with van der Waals surface area (Å²) in [6.45, 7) is 23.1. The van der Waals surface area contributed by atoms with Crippen molar-refractivity contribution in [3.8, 4) is 0 Å². The lowest BCUT2D eigenvalue weighted by Gasteiger charge is -2.45. The van der Waals surface area contributed by atoms with Gasteiger partial charge >= 0.3 is 25.7 Å². The third-order valence-electron chi connectivity index (χ3n) is 6.28. The number of rotatable bonds is 13. The highest BCUT2D eigenvalue weighted by atomic mass is 28.5. The Morgan fingerprint density at radius 2 is 0.842 bits per heavy atom. The van der Waals surface area contributed by atoms with Gasteiger partial charge in [-0.05, 0) is 61.4 Å². The summed E-state index contributed by atoms with van der Waals surface area (Å²) in [7, 11) is -13.5. The summed E-state index contributed by atoms with van der Waals surface area (Å²) in [6.07, 6.45) is 0. The van der Waals surface area contributed by atoms with E-state index in [4.69, 9.17) is 16.5 Å². The van der Waals surface area contributed by atoms with Gasteiger partial charge in [0.2, 0.25) is 8.32 Å². The Bertz CT molecular complexity index is 1160. The Balaban J connectivity index is 2.27. The van der Waals surface area contributed by atoms with Gasteiger partial charge in [0.05, 0.1) is 0 Å². The molecule has 0 fully saturated rings. The minimum Gasteiger partial charge on any atom is -0.433 e. The molecular weight excluding hydrogens is 553 g/mol. The van der Waals surface area contributed by atoms with Crippen LogP contribution in [0.15, 0.2) is 116 Å². The molecule has 9 heteroatoms. The highest BCUT2D eigenvalue weighted by Gasteiger charge is 2.55. The first-order chi connectivity index (χ1) is 17.8. The van der Waals surface area contributed by atoms with Crippen LogP contribution in [0.25, 0.3) is 0 Å². The maximum atomic E-state index is 7.57. The molecule has 0 heterocycles. The molecule has 0 saturated heterocycles. The van der Waals surface area contributed by atoms with Crippen molar-refractivity contribution in [2.45, 2.75) is 45.8 Å². The lowest BCUT2D eigenvalue weighted by molar-refractivity contribution is 0.314. The quantitative estimate of drug-likeness (QED) is 0.233. The SMILES string of the molecule is C=C[Si](C)(C)O[Si](C)(C)O[Si](C)(O[Si](O[Si](C)(C)C=C)(c1ccccc1)c1ccccc1)c1ccccc1. The first-order valence-corrected chi connectivity index (χ1v) is 25.9. The van der Waals surface area contributed by atoms with Gasteiger partial charge in [-0.15, -0.1) is 13.2 Å². The Hall–Kier alpha value is -1.94. The van der Waals surface area contributed by atoms with Crippen molar-refractivity contribution in [3.05, 3.63) is 116 Å². The maximum Gasteiger partial charge on any atom is 0.388 e. The van der Waals surface area contributed by atoms with E-state index in [1.807, 2.05) is 41.7 Å². The van der Waals surface area contributed by atoms with Gasteiger partial charge in [0.25, 0.3) is 0 Å². The van der Waals surface area contributed by atoms with Gasteiger partial charge in [0.15, 0.2) is 8.32 Å². The Labute approximate surface area is 235 Å². The highest BCUT2D eigenvalue weighted by Crippen LogP contribution is 2.27. The molecule has 0 aliphatic heterocycles. The molecule has 0 aliphatic carbocycles. The van der Waals surface area contributed by atoms with E-state index < -0.39 is 42.3 Å². The fraction of sp³-hybridized carbons (Fsp3) is 0.241. The highest BCUT2D eigenvalue weighted by molar-refractivity contribution is 7.05. The average Bonchev–Trinajstić information content (AvgIpc) is 2.88. The van der Waals surface area contributed by atoms with Gasteiger partial charge in [-0.1, -0.05) is 102 Å². The molecule has 0 bridgehead atoms. The molecule has 0 N–H and O–H groups in total. The molecule has 0 radical (unpaired) electrons. The van der Waals surface area contributed by atoms with Crippen LogP contribution in [0.5, 0.6) is 0 Å². The Morgan fingerprint density at radius 3 is 1.24 bits per heavy atom. The smallest absolute Gasteiger partial charge is 0.388 e. The van der Waals surface area contributed by atoms with E-state index in [0.717, 1.165) is 15.6 Å². The molecule has 0 spiro atoms. The zero-order chi connectivity index (χ0) is 28.1. The second kappa shape index (κ2) is 12.1. The molecule has 0 saturated carbocycles. The van der Waals surface area contributed by atoms with E-state index in [2.05, 4.69) is 120 Å². The summed E-state index contributed by atoms with van der Waals surface area (Å²) < 4.78 is 28.7. The first kappa shape index (κ1) is 30.6. The fourth-order valence-electron chi connectivity index (χ4n) is 4.47. The van der Waals surface area contributed by atoms with Crippen LogP contribution in [-0.4, -0.2) is 42.3 Å². The Morgan fingerprint density at radius 1 is 0.474 bits per heavy atom. The van der Waals surface area contributed by atoms with Crippen molar-refractivity contribution in [2.24, 2.45) is 0 Å². The largest absolute Gasteiger partial charge is 0.433 e. The van der Waals surface area contributed by atoms with E-state index in [-0.39, 0.29) is 0 Å². The molecule has 4 nitrogen and oxygen atoms in total. The maximum absolute atomic E-state index is 7.57. The normalized spacial score (nSPS) is 14.5. The van der Waals surface area contributed by atoms with Crippen molar-refractivity contribution >= 4 is 57.9 Å². The zero-order valence-electron chi connectivity index (χ0n) is 23.9. The molecule has 38 heavy (non-hydrogen) atoms. The van der Waals surface area contributed by atoms with Crippen LogP contribution in [0.4, 0.5) is 0 Å². The van der Waals surface area contributed by atoms with Crippen LogP contribution in [-0.2, 0) is 16.5 Å². The van der Waals surface area contributed by atoms with Crippen molar-refractivity contribution in [3.63, 3.8) is 0 Å².